The SMILES string of the molecule is CCCCCCC[N+](C)(CCCl)CCCCCC.[Br-]. The normalized spacial score (nSPS) is 13.9. The summed E-state index contributed by atoms with van der Waals surface area (Å²) in [6, 6.07) is 0. The molecule has 0 aromatic heterocycles. The van der Waals surface area contributed by atoms with Crippen molar-refractivity contribution in [3.63, 3.8) is 0 Å². The Kier molecular flexibility index (Phi) is 17.5. The molecule has 0 aromatic carbocycles. The summed E-state index contributed by atoms with van der Waals surface area (Å²) >= 11 is 5.97. The number of quaternary nitrogens is 1. The van der Waals surface area contributed by atoms with E-state index in [2.05, 4.69) is 20.9 Å². The van der Waals surface area contributed by atoms with Gasteiger partial charge in [0.2, 0.25) is 0 Å². The summed E-state index contributed by atoms with van der Waals surface area (Å²) in [7, 11) is 2.40. The molecule has 0 saturated heterocycles. The minimum Gasteiger partial charge on any atom is -1.00 e. The molecule has 0 bridgehead atoms. The second-order valence-electron chi connectivity index (χ2n) is 5.95. The molecule has 0 aliphatic carbocycles. The molecular weight excluding hydrogens is 322 g/mol. The zero-order chi connectivity index (χ0) is 13.7. The number of hydrogen-bond acceptors (Lipinski definition) is 0. The molecule has 0 rings (SSSR count). The van der Waals surface area contributed by atoms with Crippen LogP contribution in [0.25, 0.3) is 0 Å². The molecule has 0 aliphatic heterocycles. The van der Waals surface area contributed by atoms with Crippen molar-refractivity contribution in [2.75, 3.05) is 32.6 Å². The maximum absolute atomic E-state index is 5.97. The molecule has 0 aromatic rings. The second kappa shape index (κ2) is 15.1. The summed E-state index contributed by atoms with van der Waals surface area (Å²) in [5, 5.41) is 0. The van der Waals surface area contributed by atoms with E-state index in [1.165, 1.54) is 75.4 Å². The van der Waals surface area contributed by atoms with Gasteiger partial charge in [0.15, 0.2) is 0 Å². The third kappa shape index (κ3) is 13.5. The van der Waals surface area contributed by atoms with Gasteiger partial charge in [-0.1, -0.05) is 46.0 Å². The molecule has 19 heavy (non-hydrogen) atoms. The highest BCUT2D eigenvalue weighted by molar-refractivity contribution is 6.17. The Morgan fingerprint density at radius 1 is 0.684 bits per heavy atom. The van der Waals surface area contributed by atoms with Gasteiger partial charge >= 0.3 is 0 Å². The summed E-state index contributed by atoms with van der Waals surface area (Å²) in [6.07, 6.45) is 12.4. The van der Waals surface area contributed by atoms with Gasteiger partial charge in [0.25, 0.3) is 0 Å². The van der Waals surface area contributed by atoms with Crippen LogP contribution in [0.2, 0.25) is 0 Å². The number of alkyl halides is 1. The fraction of sp³-hybridized carbons (Fsp3) is 1.00. The van der Waals surface area contributed by atoms with Gasteiger partial charge < -0.3 is 21.5 Å². The molecule has 1 atom stereocenters. The van der Waals surface area contributed by atoms with Crippen molar-refractivity contribution in [1.29, 1.82) is 0 Å². The summed E-state index contributed by atoms with van der Waals surface area (Å²) in [4.78, 5) is 0. The fourth-order valence-corrected chi connectivity index (χ4v) is 2.96. The summed E-state index contributed by atoms with van der Waals surface area (Å²) in [6.45, 7) is 8.34. The van der Waals surface area contributed by atoms with E-state index in [9.17, 15) is 0 Å². The second-order valence-corrected chi connectivity index (χ2v) is 6.33. The Bertz CT molecular complexity index is 178. The lowest BCUT2D eigenvalue weighted by molar-refractivity contribution is -0.907. The molecule has 0 radical (unpaired) electrons. The van der Waals surface area contributed by atoms with E-state index in [4.69, 9.17) is 11.6 Å². The predicted molar refractivity (Wildman–Crippen MR) is 84.4 cm³/mol. The number of unbranched alkanes of at least 4 members (excludes halogenated alkanes) is 7. The fourth-order valence-electron chi connectivity index (χ4n) is 2.56. The highest BCUT2D eigenvalue weighted by Crippen LogP contribution is 2.12. The van der Waals surface area contributed by atoms with Crippen LogP contribution >= 0.6 is 11.6 Å². The zero-order valence-corrected chi connectivity index (χ0v) is 15.7. The number of rotatable bonds is 13. The van der Waals surface area contributed by atoms with Gasteiger partial charge in [-0.05, 0) is 25.7 Å². The maximum atomic E-state index is 5.97. The first kappa shape index (κ1) is 22.0. The summed E-state index contributed by atoms with van der Waals surface area (Å²) in [5.41, 5.74) is 0. The number of halogens is 2. The number of nitrogens with zero attached hydrogens (tertiary/aromatic N) is 1. The predicted octanol–water partition coefficient (Wildman–Crippen LogP) is 2.23. The van der Waals surface area contributed by atoms with Crippen LogP contribution in [0.3, 0.4) is 0 Å². The van der Waals surface area contributed by atoms with Crippen molar-refractivity contribution in [1.82, 2.24) is 0 Å². The lowest BCUT2D eigenvalue weighted by Crippen LogP contribution is -3.00. The maximum Gasteiger partial charge on any atom is 0.0922 e. The van der Waals surface area contributed by atoms with E-state index in [1.807, 2.05) is 0 Å². The van der Waals surface area contributed by atoms with Crippen molar-refractivity contribution in [3.05, 3.63) is 0 Å². The molecular formula is C16H35BrClN. The lowest BCUT2D eigenvalue weighted by Gasteiger charge is -2.34. The molecule has 0 amide bonds. The summed E-state index contributed by atoms with van der Waals surface area (Å²) in [5.74, 6) is 0.805. The molecule has 1 nitrogen and oxygen atoms in total. The Hall–Kier alpha value is 0.730. The molecule has 0 fully saturated rings. The minimum absolute atomic E-state index is 0. The van der Waals surface area contributed by atoms with E-state index in [0.29, 0.717) is 0 Å². The van der Waals surface area contributed by atoms with Gasteiger partial charge in [-0.25, -0.2) is 0 Å². The van der Waals surface area contributed by atoms with Crippen molar-refractivity contribution < 1.29 is 21.5 Å². The molecule has 0 aliphatic rings. The lowest BCUT2D eigenvalue weighted by atomic mass is 10.1. The quantitative estimate of drug-likeness (QED) is 0.270. The van der Waals surface area contributed by atoms with Crippen molar-refractivity contribution in [3.8, 4) is 0 Å². The first-order valence-corrected chi connectivity index (χ1v) is 8.61. The molecule has 0 N–H and O–H groups in total. The average Bonchev–Trinajstić information content (AvgIpc) is 2.35. The van der Waals surface area contributed by atoms with Crippen LogP contribution in [0, 0.1) is 0 Å². The van der Waals surface area contributed by atoms with Gasteiger partial charge in [-0.15, -0.1) is 11.6 Å². The smallest absolute Gasteiger partial charge is 0.0922 e. The Morgan fingerprint density at radius 2 is 1.11 bits per heavy atom. The topological polar surface area (TPSA) is 0 Å². The van der Waals surface area contributed by atoms with Crippen molar-refractivity contribution in [2.24, 2.45) is 0 Å². The zero-order valence-electron chi connectivity index (χ0n) is 13.4. The van der Waals surface area contributed by atoms with E-state index >= 15 is 0 Å². The standard InChI is InChI=1S/C16H35ClN.BrH/c1-4-6-8-10-12-15-18(3,16-13-17)14-11-9-7-5-2;/h4-16H2,1-3H3;1H/q+1;/p-1. The van der Waals surface area contributed by atoms with Crippen molar-refractivity contribution in [2.45, 2.75) is 71.6 Å². The van der Waals surface area contributed by atoms with Crippen LogP contribution in [0.4, 0.5) is 0 Å². The van der Waals surface area contributed by atoms with E-state index in [0.717, 1.165) is 12.4 Å². The van der Waals surface area contributed by atoms with Crippen molar-refractivity contribution >= 4 is 11.6 Å². The highest BCUT2D eigenvalue weighted by atomic mass is 79.9. The highest BCUT2D eigenvalue weighted by Gasteiger charge is 2.19. The first-order chi connectivity index (χ1) is 8.68. The van der Waals surface area contributed by atoms with Gasteiger partial charge in [-0.2, -0.15) is 0 Å². The van der Waals surface area contributed by atoms with Crippen LogP contribution in [0.1, 0.15) is 71.6 Å². The number of hydrogen-bond donors (Lipinski definition) is 0. The molecule has 118 valence electrons. The van der Waals surface area contributed by atoms with Gasteiger partial charge in [0, 0.05) is 0 Å². The van der Waals surface area contributed by atoms with Gasteiger partial charge in [0.1, 0.15) is 0 Å². The van der Waals surface area contributed by atoms with Crippen LogP contribution in [-0.4, -0.2) is 37.0 Å². The summed E-state index contributed by atoms with van der Waals surface area (Å²) < 4.78 is 1.19. The van der Waals surface area contributed by atoms with Gasteiger partial charge in [0.05, 0.1) is 32.6 Å². The van der Waals surface area contributed by atoms with E-state index in [-0.39, 0.29) is 17.0 Å². The molecule has 0 saturated carbocycles. The molecule has 3 heteroatoms. The monoisotopic (exact) mass is 355 g/mol. The molecule has 1 unspecified atom stereocenters. The third-order valence-corrected chi connectivity index (χ3v) is 4.15. The largest absolute Gasteiger partial charge is 1.00 e. The van der Waals surface area contributed by atoms with Crippen LogP contribution in [0.15, 0.2) is 0 Å². The van der Waals surface area contributed by atoms with Crippen LogP contribution in [0.5, 0.6) is 0 Å². The minimum atomic E-state index is 0. The van der Waals surface area contributed by atoms with Gasteiger partial charge in [-0.3, -0.25) is 0 Å². The Balaban J connectivity index is 0. The molecule has 0 spiro atoms. The third-order valence-electron chi connectivity index (χ3n) is 3.98. The average molecular weight is 357 g/mol. The Labute approximate surface area is 137 Å². The Morgan fingerprint density at radius 3 is 1.53 bits per heavy atom. The van der Waals surface area contributed by atoms with E-state index < -0.39 is 0 Å². The first-order valence-electron chi connectivity index (χ1n) is 8.08. The van der Waals surface area contributed by atoms with E-state index in [1.54, 1.807) is 0 Å². The molecule has 0 heterocycles. The van der Waals surface area contributed by atoms with Crippen LogP contribution < -0.4 is 17.0 Å². The van der Waals surface area contributed by atoms with Crippen LogP contribution in [-0.2, 0) is 0 Å².